The molecule has 0 aromatic heterocycles. The zero-order chi connectivity index (χ0) is 8.72. The second-order valence-corrected chi connectivity index (χ2v) is 2.92. The number of amides is 1. The number of aliphatic hydroxyl groups excluding tert-OH is 1. The third kappa shape index (κ3) is 0.838. The van der Waals surface area contributed by atoms with Crippen molar-refractivity contribution < 1.29 is 9.90 Å². The molecule has 2 rings (SSSR count). The number of fused-ring (bicyclic) bond motifs is 1. The summed E-state index contributed by atoms with van der Waals surface area (Å²) in [6.45, 7) is 0. The number of carbonyl (C=O) groups is 1. The Bertz CT molecular complexity index is 309. The molecule has 0 fully saturated rings. The molecule has 0 aliphatic carbocycles. The highest BCUT2D eigenvalue weighted by Gasteiger charge is 2.34. The van der Waals surface area contributed by atoms with Gasteiger partial charge in [-0.2, -0.15) is 0 Å². The van der Waals surface area contributed by atoms with Crippen molar-refractivity contribution in [3.05, 3.63) is 29.8 Å². The van der Waals surface area contributed by atoms with Gasteiger partial charge in [-0.1, -0.05) is 18.2 Å². The van der Waals surface area contributed by atoms with Crippen molar-refractivity contribution >= 4 is 23.4 Å². The van der Waals surface area contributed by atoms with Gasteiger partial charge in [0.25, 0.3) is 5.91 Å². The van der Waals surface area contributed by atoms with Gasteiger partial charge in [-0.15, -0.1) is 0 Å². The SMILES string of the molecule is O=C1C(O)c2ccccc2N1Cl. The first-order valence-electron chi connectivity index (χ1n) is 3.48. The van der Waals surface area contributed by atoms with Crippen LogP contribution >= 0.6 is 11.8 Å². The second-order valence-electron chi connectivity index (χ2n) is 2.58. The molecule has 0 spiro atoms. The van der Waals surface area contributed by atoms with Crippen LogP contribution in [-0.2, 0) is 4.79 Å². The summed E-state index contributed by atoms with van der Waals surface area (Å²) in [6, 6.07) is 6.89. The standard InChI is InChI=1S/C8H6ClNO2/c9-10-6-4-2-1-3-5(6)7(11)8(10)12/h1-4,7,11H. The summed E-state index contributed by atoms with van der Waals surface area (Å²) in [5.74, 6) is -0.488. The lowest BCUT2D eigenvalue weighted by atomic mass is 10.1. The Balaban J connectivity index is 2.59. The molecule has 1 N–H and O–H groups in total. The third-order valence-electron chi connectivity index (χ3n) is 1.87. The Morgan fingerprint density at radius 1 is 1.42 bits per heavy atom. The van der Waals surface area contributed by atoms with Gasteiger partial charge in [0.15, 0.2) is 6.10 Å². The molecule has 0 bridgehead atoms. The quantitative estimate of drug-likeness (QED) is 0.615. The lowest BCUT2D eigenvalue weighted by Crippen LogP contribution is -2.18. The van der Waals surface area contributed by atoms with Crippen LogP contribution in [0.5, 0.6) is 0 Å². The molecule has 4 heteroatoms. The van der Waals surface area contributed by atoms with Crippen molar-refractivity contribution in [2.24, 2.45) is 0 Å². The van der Waals surface area contributed by atoms with E-state index in [1.165, 1.54) is 0 Å². The summed E-state index contributed by atoms with van der Waals surface area (Å²) < 4.78 is 0.944. The topological polar surface area (TPSA) is 40.5 Å². The predicted molar refractivity (Wildman–Crippen MR) is 44.7 cm³/mol. The van der Waals surface area contributed by atoms with Gasteiger partial charge in [-0.3, -0.25) is 4.79 Å². The van der Waals surface area contributed by atoms with Gasteiger partial charge in [-0.25, -0.2) is 4.42 Å². The fraction of sp³-hybridized carbons (Fsp3) is 0.125. The van der Waals surface area contributed by atoms with E-state index in [4.69, 9.17) is 11.8 Å². The largest absolute Gasteiger partial charge is 0.378 e. The summed E-state index contributed by atoms with van der Waals surface area (Å²) in [5, 5.41) is 9.34. The fourth-order valence-corrected chi connectivity index (χ4v) is 1.50. The first-order chi connectivity index (χ1) is 5.72. The number of hydrogen-bond acceptors (Lipinski definition) is 2. The van der Waals surface area contributed by atoms with Crippen LogP contribution in [-0.4, -0.2) is 11.0 Å². The van der Waals surface area contributed by atoms with Crippen LogP contribution in [0.1, 0.15) is 11.7 Å². The molecule has 62 valence electrons. The molecule has 1 aliphatic heterocycles. The molecule has 0 saturated carbocycles. The summed E-state index contributed by atoms with van der Waals surface area (Å²) in [7, 11) is 0. The number of rotatable bonds is 0. The predicted octanol–water partition coefficient (Wildman–Crippen LogP) is 1.22. The Kier molecular flexibility index (Phi) is 1.56. The van der Waals surface area contributed by atoms with E-state index < -0.39 is 12.0 Å². The molecule has 1 atom stereocenters. The minimum atomic E-state index is -1.10. The van der Waals surface area contributed by atoms with Crippen molar-refractivity contribution in [3.63, 3.8) is 0 Å². The van der Waals surface area contributed by atoms with Gasteiger partial charge >= 0.3 is 0 Å². The van der Waals surface area contributed by atoms with Gasteiger partial charge < -0.3 is 5.11 Å². The van der Waals surface area contributed by atoms with Crippen LogP contribution < -0.4 is 4.42 Å². The monoisotopic (exact) mass is 183 g/mol. The van der Waals surface area contributed by atoms with E-state index in [1.54, 1.807) is 24.3 Å². The highest BCUT2D eigenvalue weighted by atomic mass is 35.5. The van der Waals surface area contributed by atoms with Gasteiger partial charge in [0.2, 0.25) is 0 Å². The highest BCUT2D eigenvalue weighted by Crippen LogP contribution is 2.36. The van der Waals surface area contributed by atoms with Crippen molar-refractivity contribution in [2.75, 3.05) is 4.42 Å². The van der Waals surface area contributed by atoms with Crippen molar-refractivity contribution in [1.29, 1.82) is 0 Å². The Hall–Kier alpha value is -1.06. The number of anilines is 1. The minimum Gasteiger partial charge on any atom is -0.378 e. The summed E-state index contributed by atoms with van der Waals surface area (Å²) in [6.07, 6.45) is -1.10. The van der Waals surface area contributed by atoms with E-state index in [9.17, 15) is 9.90 Å². The third-order valence-corrected chi connectivity index (χ3v) is 2.22. The molecule has 1 heterocycles. The molecule has 1 aromatic rings. The van der Waals surface area contributed by atoms with Crippen LogP contribution in [0, 0.1) is 0 Å². The maximum absolute atomic E-state index is 11.1. The number of para-hydroxylation sites is 1. The van der Waals surface area contributed by atoms with Gasteiger partial charge in [-0.05, 0) is 6.07 Å². The van der Waals surface area contributed by atoms with Crippen molar-refractivity contribution in [3.8, 4) is 0 Å². The van der Waals surface area contributed by atoms with Gasteiger partial charge in [0, 0.05) is 17.3 Å². The number of nitrogens with zero attached hydrogens (tertiary/aromatic N) is 1. The average molecular weight is 184 g/mol. The lowest BCUT2D eigenvalue weighted by Gasteiger charge is -2.03. The summed E-state index contributed by atoms with van der Waals surface area (Å²) >= 11 is 5.61. The number of benzene rings is 1. The maximum atomic E-state index is 11.1. The zero-order valence-corrected chi connectivity index (χ0v) is 6.82. The van der Waals surface area contributed by atoms with Gasteiger partial charge in [0.05, 0.1) is 5.69 Å². The second kappa shape index (κ2) is 2.47. The van der Waals surface area contributed by atoms with E-state index in [0.29, 0.717) is 11.3 Å². The Labute approximate surface area is 74.3 Å². The van der Waals surface area contributed by atoms with Crippen LogP contribution in [0.4, 0.5) is 5.69 Å². The maximum Gasteiger partial charge on any atom is 0.275 e. The first kappa shape index (κ1) is 7.58. The molecular weight excluding hydrogens is 178 g/mol. The fourth-order valence-electron chi connectivity index (χ4n) is 1.26. The lowest BCUT2D eigenvalue weighted by molar-refractivity contribution is -0.124. The van der Waals surface area contributed by atoms with Crippen LogP contribution in [0.3, 0.4) is 0 Å². The van der Waals surface area contributed by atoms with Crippen molar-refractivity contribution in [1.82, 2.24) is 0 Å². The smallest absolute Gasteiger partial charge is 0.275 e. The molecule has 1 aliphatic rings. The van der Waals surface area contributed by atoms with Crippen LogP contribution in [0.25, 0.3) is 0 Å². The van der Waals surface area contributed by atoms with E-state index in [0.717, 1.165) is 4.42 Å². The number of halogens is 1. The highest BCUT2D eigenvalue weighted by molar-refractivity contribution is 6.39. The molecule has 0 radical (unpaired) electrons. The molecular formula is C8H6ClNO2. The molecule has 1 amide bonds. The number of carbonyl (C=O) groups excluding carboxylic acids is 1. The van der Waals surface area contributed by atoms with E-state index >= 15 is 0 Å². The minimum absolute atomic E-state index is 0.488. The molecule has 1 unspecified atom stereocenters. The number of hydrogen-bond donors (Lipinski definition) is 1. The van der Waals surface area contributed by atoms with E-state index in [1.807, 2.05) is 0 Å². The van der Waals surface area contributed by atoms with Crippen LogP contribution in [0.2, 0.25) is 0 Å². The van der Waals surface area contributed by atoms with Crippen LogP contribution in [0.15, 0.2) is 24.3 Å². The average Bonchev–Trinajstić information content (AvgIpc) is 2.33. The Morgan fingerprint density at radius 2 is 2.08 bits per heavy atom. The summed E-state index contributed by atoms with van der Waals surface area (Å²) in [5.41, 5.74) is 1.13. The first-order valence-corrected chi connectivity index (χ1v) is 3.82. The van der Waals surface area contributed by atoms with E-state index in [2.05, 4.69) is 0 Å². The summed E-state index contributed by atoms with van der Waals surface area (Å²) in [4.78, 5) is 11.1. The molecule has 3 nitrogen and oxygen atoms in total. The van der Waals surface area contributed by atoms with Crippen molar-refractivity contribution in [2.45, 2.75) is 6.10 Å². The normalized spacial score (nSPS) is 21.3. The molecule has 0 saturated heterocycles. The number of aliphatic hydroxyl groups is 1. The molecule has 12 heavy (non-hydrogen) atoms. The Morgan fingerprint density at radius 3 is 2.75 bits per heavy atom. The van der Waals surface area contributed by atoms with Gasteiger partial charge in [0.1, 0.15) is 0 Å². The van der Waals surface area contributed by atoms with E-state index in [-0.39, 0.29) is 0 Å². The molecule has 1 aromatic carbocycles. The zero-order valence-electron chi connectivity index (χ0n) is 6.07.